The van der Waals surface area contributed by atoms with Crippen LogP contribution in [0, 0.1) is 0 Å². The van der Waals surface area contributed by atoms with Gasteiger partial charge >= 0.3 is 6.09 Å². The van der Waals surface area contributed by atoms with E-state index in [1.54, 1.807) is 12.1 Å². The van der Waals surface area contributed by atoms with Crippen LogP contribution < -0.4 is 15.4 Å². The lowest BCUT2D eigenvalue weighted by molar-refractivity contribution is 0.0636. The number of ether oxygens (including phenoxy) is 2. The summed E-state index contributed by atoms with van der Waals surface area (Å²) in [5, 5.41) is 6.11. The summed E-state index contributed by atoms with van der Waals surface area (Å²) in [7, 11) is 0. The molecule has 2 N–H and O–H groups in total. The van der Waals surface area contributed by atoms with Crippen LogP contribution in [0.2, 0.25) is 0 Å². The Labute approximate surface area is 139 Å². The molecule has 23 heavy (non-hydrogen) atoms. The summed E-state index contributed by atoms with van der Waals surface area (Å²) in [6.45, 7) is 11.3. The number of nitrogens with one attached hydrogen (secondary N) is 2. The van der Waals surface area contributed by atoms with E-state index < -0.39 is 11.7 Å². The molecular formula is C18H30N2O3. The van der Waals surface area contributed by atoms with E-state index >= 15 is 0 Å². The third-order valence-corrected chi connectivity index (χ3v) is 3.08. The standard InChI is InChI=1S/C18H30N2O3/c1-6-7-14(2)19-12-13-22-16-10-8-15(9-11-16)20-17(21)23-18(3,4)5/h8-11,14,19H,6-7,12-13H2,1-5H3,(H,20,21). The van der Waals surface area contributed by atoms with Crippen LogP contribution in [0.25, 0.3) is 0 Å². The summed E-state index contributed by atoms with van der Waals surface area (Å²) >= 11 is 0. The van der Waals surface area contributed by atoms with Gasteiger partial charge < -0.3 is 14.8 Å². The number of anilines is 1. The van der Waals surface area contributed by atoms with Crippen LogP contribution in [0.3, 0.4) is 0 Å². The van der Waals surface area contributed by atoms with E-state index in [1.807, 2.05) is 32.9 Å². The van der Waals surface area contributed by atoms with Crippen molar-refractivity contribution in [3.63, 3.8) is 0 Å². The smallest absolute Gasteiger partial charge is 0.412 e. The molecule has 0 saturated heterocycles. The summed E-state index contributed by atoms with van der Waals surface area (Å²) in [4.78, 5) is 11.7. The summed E-state index contributed by atoms with van der Waals surface area (Å²) in [6.07, 6.45) is 1.90. The van der Waals surface area contributed by atoms with E-state index in [2.05, 4.69) is 24.5 Å². The van der Waals surface area contributed by atoms with Gasteiger partial charge in [-0.2, -0.15) is 0 Å². The average Bonchev–Trinajstić information content (AvgIpc) is 2.43. The Kier molecular flexibility index (Phi) is 7.89. The predicted molar refractivity (Wildman–Crippen MR) is 94.2 cm³/mol. The Hall–Kier alpha value is -1.75. The van der Waals surface area contributed by atoms with Gasteiger partial charge in [-0.3, -0.25) is 5.32 Å². The SMILES string of the molecule is CCCC(C)NCCOc1ccc(NC(=O)OC(C)(C)C)cc1. The first-order valence-corrected chi connectivity index (χ1v) is 8.26. The summed E-state index contributed by atoms with van der Waals surface area (Å²) < 4.78 is 10.9. The molecule has 1 atom stereocenters. The second-order valence-corrected chi connectivity index (χ2v) is 6.64. The maximum absolute atomic E-state index is 11.7. The predicted octanol–water partition coefficient (Wildman–Crippen LogP) is 4.19. The second-order valence-electron chi connectivity index (χ2n) is 6.64. The summed E-state index contributed by atoms with van der Waals surface area (Å²) in [5.74, 6) is 0.782. The summed E-state index contributed by atoms with van der Waals surface area (Å²) in [6, 6.07) is 7.78. The lowest BCUT2D eigenvalue weighted by Gasteiger charge is -2.19. The molecule has 5 nitrogen and oxygen atoms in total. The van der Waals surface area contributed by atoms with Crippen LogP contribution in [0.5, 0.6) is 5.75 Å². The van der Waals surface area contributed by atoms with Crippen LogP contribution in [-0.2, 0) is 4.74 Å². The molecule has 1 amide bonds. The van der Waals surface area contributed by atoms with Crippen LogP contribution in [0.1, 0.15) is 47.5 Å². The Morgan fingerprint density at radius 2 is 1.87 bits per heavy atom. The molecule has 0 spiro atoms. The monoisotopic (exact) mass is 322 g/mol. The van der Waals surface area contributed by atoms with Crippen molar-refractivity contribution in [3.05, 3.63) is 24.3 Å². The molecule has 0 saturated carbocycles. The molecule has 130 valence electrons. The maximum atomic E-state index is 11.7. The molecule has 0 aliphatic heterocycles. The zero-order valence-electron chi connectivity index (χ0n) is 14.9. The minimum absolute atomic E-state index is 0.458. The van der Waals surface area contributed by atoms with Gasteiger partial charge in [0.25, 0.3) is 0 Å². The largest absolute Gasteiger partial charge is 0.492 e. The zero-order chi connectivity index (χ0) is 17.3. The van der Waals surface area contributed by atoms with Crippen molar-refractivity contribution in [2.75, 3.05) is 18.5 Å². The topological polar surface area (TPSA) is 59.6 Å². The maximum Gasteiger partial charge on any atom is 0.412 e. The molecular weight excluding hydrogens is 292 g/mol. The molecule has 0 aliphatic rings. The fraction of sp³-hybridized carbons (Fsp3) is 0.611. The highest BCUT2D eigenvalue weighted by Crippen LogP contribution is 2.17. The Morgan fingerprint density at radius 3 is 2.43 bits per heavy atom. The number of hydrogen-bond acceptors (Lipinski definition) is 4. The van der Waals surface area contributed by atoms with Crippen molar-refractivity contribution in [2.45, 2.75) is 59.1 Å². The van der Waals surface area contributed by atoms with E-state index in [9.17, 15) is 4.79 Å². The van der Waals surface area contributed by atoms with Crippen molar-refractivity contribution in [1.29, 1.82) is 0 Å². The number of carbonyl (C=O) groups excluding carboxylic acids is 1. The van der Waals surface area contributed by atoms with Crippen molar-refractivity contribution in [1.82, 2.24) is 5.32 Å². The van der Waals surface area contributed by atoms with Gasteiger partial charge in [-0.1, -0.05) is 13.3 Å². The van der Waals surface area contributed by atoms with Gasteiger partial charge in [0.05, 0.1) is 0 Å². The van der Waals surface area contributed by atoms with Gasteiger partial charge in [-0.25, -0.2) is 4.79 Å². The van der Waals surface area contributed by atoms with Crippen LogP contribution in [0.4, 0.5) is 10.5 Å². The number of rotatable bonds is 8. The molecule has 5 heteroatoms. The molecule has 1 aromatic carbocycles. The highest BCUT2D eigenvalue weighted by Gasteiger charge is 2.16. The molecule has 0 radical (unpaired) electrons. The fourth-order valence-electron chi connectivity index (χ4n) is 2.07. The summed E-state index contributed by atoms with van der Waals surface area (Å²) in [5.41, 5.74) is 0.177. The van der Waals surface area contributed by atoms with E-state index in [0.29, 0.717) is 18.3 Å². The Bertz CT molecular complexity index is 466. The molecule has 0 fully saturated rings. The van der Waals surface area contributed by atoms with Gasteiger partial charge in [0.2, 0.25) is 0 Å². The van der Waals surface area contributed by atoms with E-state index in [1.165, 1.54) is 12.8 Å². The fourth-order valence-corrected chi connectivity index (χ4v) is 2.07. The third-order valence-electron chi connectivity index (χ3n) is 3.08. The molecule has 0 heterocycles. The molecule has 0 bridgehead atoms. The second kappa shape index (κ2) is 9.40. The first-order valence-electron chi connectivity index (χ1n) is 8.26. The van der Waals surface area contributed by atoms with Crippen molar-refractivity contribution in [2.24, 2.45) is 0 Å². The normalized spacial score (nSPS) is 12.6. The van der Waals surface area contributed by atoms with E-state index in [4.69, 9.17) is 9.47 Å². The Morgan fingerprint density at radius 1 is 1.22 bits per heavy atom. The number of hydrogen-bond donors (Lipinski definition) is 2. The third kappa shape index (κ3) is 9.08. The van der Waals surface area contributed by atoms with E-state index in [0.717, 1.165) is 12.3 Å². The van der Waals surface area contributed by atoms with Crippen molar-refractivity contribution in [3.8, 4) is 5.75 Å². The number of amides is 1. The molecule has 1 aromatic rings. The van der Waals surface area contributed by atoms with Crippen molar-refractivity contribution >= 4 is 11.8 Å². The average molecular weight is 322 g/mol. The van der Waals surface area contributed by atoms with Gasteiger partial charge in [0, 0.05) is 18.3 Å². The number of carbonyl (C=O) groups is 1. The van der Waals surface area contributed by atoms with Crippen molar-refractivity contribution < 1.29 is 14.3 Å². The highest BCUT2D eigenvalue weighted by molar-refractivity contribution is 5.84. The first kappa shape index (κ1) is 19.3. The van der Waals surface area contributed by atoms with Gasteiger partial charge in [0.1, 0.15) is 18.0 Å². The van der Waals surface area contributed by atoms with Crippen LogP contribution in [0.15, 0.2) is 24.3 Å². The quantitative estimate of drug-likeness (QED) is 0.705. The Balaban J connectivity index is 2.32. The minimum Gasteiger partial charge on any atom is -0.492 e. The van der Waals surface area contributed by atoms with Crippen LogP contribution >= 0.6 is 0 Å². The number of benzene rings is 1. The molecule has 1 rings (SSSR count). The van der Waals surface area contributed by atoms with Gasteiger partial charge in [-0.05, 0) is 58.4 Å². The highest BCUT2D eigenvalue weighted by atomic mass is 16.6. The van der Waals surface area contributed by atoms with Gasteiger partial charge in [-0.15, -0.1) is 0 Å². The van der Waals surface area contributed by atoms with E-state index in [-0.39, 0.29) is 0 Å². The molecule has 0 aliphatic carbocycles. The lowest BCUT2D eigenvalue weighted by atomic mass is 10.2. The first-order chi connectivity index (χ1) is 10.8. The molecule has 0 aromatic heterocycles. The minimum atomic E-state index is -0.505. The zero-order valence-corrected chi connectivity index (χ0v) is 14.9. The molecule has 1 unspecified atom stereocenters. The van der Waals surface area contributed by atoms with Crippen LogP contribution in [-0.4, -0.2) is 30.9 Å². The van der Waals surface area contributed by atoms with Gasteiger partial charge in [0.15, 0.2) is 0 Å². The lowest BCUT2D eigenvalue weighted by Crippen LogP contribution is -2.29.